The molecular weight excluding hydrogens is 1050 g/mol. The van der Waals surface area contributed by atoms with E-state index in [0.717, 1.165) is 12.2 Å². The molecule has 0 aliphatic heterocycles. The maximum Gasteiger partial charge on any atom is 0.298 e. The standard InChI is InChI=1S/C14H4F8O2.2C4H5O2.2Rf/c1-23-13-9(19)5(15)3(6(16)10(13)20)4-7(17)11(21)14(24-2)12(22)8(4)18;2*1-3-4(5)6-2;;/h1-2H2;2*3H,1-2H2;;/q-2;2*-1;;. The zero-order valence-corrected chi connectivity index (χ0v) is 32.1. The molecule has 0 saturated heterocycles. The minimum Gasteiger partial charge on any atom is -0.661 e. The van der Waals surface area contributed by atoms with Crippen LogP contribution in [0.3, 0.4) is 0 Å². The van der Waals surface area contributed by atoms with E-state index in [1.807, 2.05) is 0 Å². The molecule has 16 heteroatoms. The van der Waals surface area contributed by atoms with Crippen molar-refractivity contribution in [2.45, 2.75) is 0 Å². The Morgan fingerprint density at radius 2 is 0.737 bits per heavy atom. The first-order chi connectivity index (χ1) is 16.8. The maximum atomic E-state index is 13.9. The number of hydrogen-bond donors (Lipinski definition) is 0. The third-order valence-corrected chi connectivity index (χ3v) is 3.60. The molecule has 0 aliphatic carbocycles. The van der Waals surface area contributed by atoms with Gasteiger partial charge >= 0.3 is 0 Å². The number of esters is 2. The Morgan fingerprint density at radius 1 is 0.526 bits per heavy atom. The first-order valence-corrected chi connectivity index (χ1v) is 8.54. The van der Waals surface area contributed by atoms with Crippen LogP contribution in [0.1, 0.15) is 0 Å². The van der Waals surface area contributed by atoms with Crippen LogP contribution in [-0.2, 0) is 19.1 Å². The molecule has 6 nitrogen and oxygen atoms in total. The Hall–Kier alpha value is -6.10. The summed E-state index contributed by atoms with van der Waals surface area (Å²) in [4.78, 5) is 19.6. The SMILES string of the molecule is C=CC(=O)O[CH2-].C=CC(=O)O[CH2-].[CH2-]Oc1c(F)c(F)c(-c2c(F)c(F)c(O[CH2-])c(F)c2F)c(F)c1F.[Rf].[Rf]. The van der Waals surface area contributed by atoms with Crippen molar-refractivity contribution in [2.24, 2.45) is 0 Å². The average molecular weight is 1060 g/mol. The number of ether oxygens (including phenoxy) is 4. The van der Waals surface area contributed by atoms with Crippen LogP contribution in [0.25, 0.3) is 11.1 Å². The van der Waals surface area contributed by atoms with Gasteiger partial charge in [-0.25, -0.2) is 27.2 Å². The topological polar surface area (TPSA) is 71.1 Å². The third-order valence-electron chi connectivity index (χ3n) is 3.60. The van der Waals surface area contributed by atoms with E-state index in [2.05, 4.69) is 60.5 Å². The smallest absolute Gasteiger partial charge is 0.298 e. The summed E-state index contributed by atoms with van der Waals surface area (Å²) in [5.74, 6) is -22.5. The predicted octanol–water partition coefficient (Wildman–Crippen LogP) is 5.82. The third kappa shape index (κ3) is 7.45. The zero-order valence-electron chi connectivity index (χ0n) is 19.3. The van der Waals surface area contributed by atoms with E-state index in [9.17, 15) is 44.7 Å². The van der Waals surface area contributed by atoms with Gasteiger partial charge in [0.25, 0.3) is 11.9 Å². The van der Waals surface area contributed by atoms with E-state index >= 15 is 0 Å². The van der Waals surface area contributed by atoms with Crippen molar-refractivity contribution in [3.63, 3.8) is 0 Å². The summed E-state index contributed by atoms with van der Waals surface area (Å²) in [5, 5.41) is 0. The molecule has 0 saturated carbocycles. The van der Waals surface area contributed by atoms with Crippen LogP contribution >= 0.6 is 0 Å². The second-order valence-corrected chi connectivity index (χ2v) is 5.54. The van der Waals surface area contributed by atoms with Crippen molar-refractivity contribution in [2.75, 3.05) is 0 Å². The molecule has 0 heterocycles. The molecule has 0 bridgehead atoms. The van der Waals surface area contributed by atoms with E-state index in [0.29, 0.717) is 0 Å². The summed E-state index contributed by atoms with van der Waals surface area (Å²) in [5.41, 5.74) is -4.04. The van der Waals surface area contributed by atoms with Crippen LogP contribution < -0.4 is 9.47 Å². The van der Waals surface area contributed by atoms with E-state index in [4.69, 9.17) is 0 Å². The van der Waals surface area contributed by atoms with Crippen LogP contribution in [0, 0.1) is 75.0 Å². The number of carbonyl (C=O) groups excluding carboxylic acids is 2. The normalized spacial score (nSPS) is 9.05. The Morgan fingerprint density at radius 3 is 0.842 bits per heavy atom. The minimum atomic E-state index is -2.35. The van der Waals surface area contributed by atoms with Gasteiger partial charge in [0.15, 0.2) is 34.8 Å². The van der Waals surface area contributed by atoms with E-state index < -0.39 is 81.1 Å². The Bertz CT molecular complexity index is 1010. The molecule has 0 N–H and O–H groups in total. The van der Waals surface area contributed by atoms with Crippen molar-refractivity contribution in [3.05, 3.63) is 100 Å². The van der Waals surface area contributed by atoms with Crippen molar-refractivity contribution in [1.29, 1.82) is 0 Å². The molecule has 2 aromatic carbocycles. The van der Waals surface area contributed by atoms with Crippen LogP contribution in [0.15, 0.2) is 25.3 Å². The Labute approximate surface area is 199 Å². The van der Waals surface area contributed by atoms with Gasteiger partial charge in [0.05, 0.1) is 11.1 Å². The largest absolute Gasteiger partial charge is 0.661 e. The second kappa shape index (κ2) is 15.7. The van der Waals surface area contributed by atoms with Gasteiger partial charge in [0.2, 0.25) is 23.3 Å². The van der Waals surface area contributed by atoms with Crippen LogP contribution in [0.5, 0.6) is 11.5 Å². The molecular formula is C22H14F8O6Rf2-4. The molecule has 2 rings (SSSR count). The molecule has 0 atom stereocenters. The van der Waals surface area contributed by atoms with Gasteiger partial charge in [-0.3, -0.25) is 0 Å². The molecule has 0 unspecified atom stereocenters. The Kier molecular flexibility index (Phi) is 15.1. The fourth-order valence-corrected chi connectivity index (χ4v) is 2.03. The van der Waals surface area contributed by atoms with Crippen molar-refractivity contribution < 1.29 is 63.7 Å². The number of halogens is 8. The first kappa shape index (κ1) is 36.5. The summed E-state index contributed by atoms with van der Waals surface area (Å²) >= 11 is 0. The molecule has 0 aromatic heterocycles. The zero-order chi connectivity index (χ0) is 28.3. The molecule has 0 fully saturated rings. The van der Waals surface area contributed by atoms with Crippen molar-refractivity contribution in [3.8, 4) is 22.6 Å². The number of carbonyl (C=O) groups is 2. The van der Waals surface area contributed by atoms with Crippen LogP contribution in [-0.4, -0.2) is 11.9 Å². The number of benzene rings is 2. The van der Waals surface area contributed by atoms with Gasteiger partial charge in [-0.05, 0) is 0 Å². The summed E-state index contributed by atoms with van der Waals surface area (Å²) in [7, 11) is 10.8. The summed E-state index contributed by atoms with van der Waals surface area (Å²) < 4.78 is 125. The summed E-state index contributed by atoms with van der Waals surface area (Å²) in [6.45, 7) is 6.23. The molecule has 0 radical (unpaired) electrons. The van der Waals surface area contributed by atoms with Gasteiger partial charge in [0.1, 0.15) is 0 Å². The fraction of sp³-hybridized carbons (Fsp3) is 0. The van der Waals surface area contributed by atoms with Gasteiger partial charge in [0, 0.05) is 12.2 Å². The monoisotopic (exact) mass is 1060 g/mol. The summed E-state index contributed by atoms with van der Waals surface area (Å²) in [6.07, 6.45) is 2.10. The second-order valence-electron chi connectivity index (χ2n) is 5.54. The molecule has 2 aromatic rings. The van der Waals surface area contributed by atoms with Crippen molar-refractivity contribution >= 4 is 11.9 Å². The summed E-state index contributed by atoms with van der Waals surface area (Å²) in [6, 6.07) is 0. The van der Waals surface area contributed by atoms with Crippen LogP contribution in [0.4, 0.5) is 35.1 Å². The molecule has 38 heavy (non-hydrogen) atoms. The Balaban J connectivity index is -0.000000734. The molecule has 202 valence electrons. The van der Waals surface area contributed by atoms with Gasteiger partial charge < -0.3 is 18.9 Å². The van der Waals surface area contributed by atoms with Crippen molar-refractivity contribution in [1.82, 2.24) is 0 Å². The predicted molar refractivity (Wildman–Crippen MR) is 107 cm³/mol. The van der Waals surface area contributed by atoms with E-state index in [1.165, 1.54) is 0 Å². The molecule has 0 aliphatic rings. The molecule has 0 spiro atoms. The number of rotatable bonds is 5. The van der Waals surface area contributed by atoms with E-state index in [1.54, 1.807) is 0 Å². The quantitative estimate of drug-likeness (QED) is 0.124. The fourth-order valence-electron chi connectivity index (χ4n) is 2.03. The van der Waals surface area contributed by atoms with Gasteiger partial charge in [-0.2, -0.15) is 46.0 Å². The number of hydrogen-bond acceptors (Lipinski definition) is 6. The minimum absolute atomic E-state index is 0. The van der Waals surface area contributed by atoms with E-state index in [-0.39, 0.29) is 0 Å². The van der Waals surface area contributed by atoms with Crippen LogP contribution in [0.2, 0.25) is 0 Å². The average Bonchev–Trinajstić information content (AvgIpc) is 2.88. The first-order valence-electron chi connectivity index (χ1n) is 8.54. The van der Waals surface area contributed by atoms with Gasteiger partial charge in [-0.1, -0.05) is 13.2 Å². The maximum absolute atomic E-state index is 13.9. The molecule has 0 amide bonds. The van der Waals surface area contributed by atoms with Gasteiger partial charge in [-0.15, -0.1) is 0 Å².